The van der Waals surface area contributed by atoms with E-state index in [2.05, 4.69) is 10.6 Å². The van der Waals surface area contributed by atoms with E-state index in [0.717, 1.165) is 31.4 Å². The summed E-state index contributed by atoms with van der Waals surface area (Å²) in [5, 5.41) is 15.8. The molecule has 1 heterocycles. The summed E-state index contributed by atoms with van der Waals surface area (Å²) < 4.78 is 39.7. The molecule has 164 valence electrons. The van der Waals surface area contributed by atoms with Crippen molar-refractivity contribution in [2.45, 2.75) is 25.4 Å². The van der Waals surface area contributed by atoms with Gasteiger partial charge in [0.25, 0.3) is 11.6 Å². The average Bonchev–Trinajstić information content (AvgIpc) is 2.73. The second-order valence-corrected chi connectivity index (χ2v) is 7.37. The van der Waals surface area contributed by atoms with Gasteiger partial charge in [-0.3, -0.25) is 20.2 Å². The van der Waals surface area contributed by atoms with E-state index in [4.69, 9.17) is 12.2 Å². The lowest BCUT2D eigenvalue weighted by atomic mass is 10.1. The van der Waals surface area contributed by atoms with Crippen molar-refractivity contribution in [3.63, 3.8) is 0 Å². The molecule has 1 saturated heterocycles. The number of alkyl halides is 3. The van der Waals surface area contributed by atoms with Gasteiger partial charge in [0, 0.05) is 19.2 Å². The molecule has 1 aliphatic heterocycles. The van der Waals surface area contributed by atoms with E-state index in [1.165, 1.54) is 30.3 Å². The highest BCUT2D eigenvalue weighted by molar-refractivity contribution is 7.80. The summed E-state index contributed by atoms with van der Waals surface area (Å²) >= 11 is 5.11. The third-order valence-electron chi connectivity index (χ3n) is 4.84. The van der Waals surface area contributed by atoms with Crippen molar-refractivity contribution in [3.8, 4) is 0 Å². The highest BCUT2D eigenvalue weighted by atomic mass is 32.1. The molecule has 1 aliphatic rings. The topological polar surface area (TPSA) is 87.5 Å². The molecule has 11 heteroatoms. The van der Waals surface area contributed by atoms with Crippen LogP contribution in [0.2, 0.25) is 0 Å². The number of thiocarbonyl (C=S) groups is 1. The first-order valence-electron chi connectivity index (χ1n) is 9.49. The number of nitrogens with zero attached hydrogens (tertiary/aromatic N) is 2. The molecule has 1 fully saturated rings. The Labute approximate surface area is 181 Å². The number of nitrogens with one attached hydrogen (secondary N) is 2. The number of rotatable bonds is 4. The van der Waals surface area contributed by atoms with Gasteiger partial charge >= 0.3 is 6.18 Å². The van der Waals surface area contributed by atoms with E-state index in [1.807, 2.05) is 4.90 Å². The number of carbonyl (C=O) groups excluding carboxylic acids is 1. The Kier molecular flexibility index (Phi) is 6.74. The number of hydrogen-bond donors (Lipinski definition) is 2. The Morgan fingerprint density at radius 2 is 1.77 bits per heavy atom. The third kappa shape index (κ3) is 5.48. The SMILES string of the molecule is O=C(NC(=S)Nc1cc(C(F)(F)F)ccc1N1CCCCC1)c1ccccc1[N+](=O)[O-]. The molecule has 31 heavy (non-hydrogen) atoms. The first kappa shape index (κ1) is 22.5. The minimum Gasteiger partial charge on any atom is -0.370 e. The smallest absolute Gasteiger partial charge is 0.370 e. The summed E-state index contributed by atoms with van der Waals surface area (Å²) in [6.07, 6.45) is -1.67. The number of para-hydroxylation sites is 1. The van der Waals surface area contributed by atoms with Gasteiger partial charge in [0.15, 0.2) is 5.11 Å². The van der Waals surface area contributed by atoms with Crippen molar-refractivity contribution in [2.24, 2.45) is 0 Å². The van der Waals surface area contributed by atoms with Crippen LogP contribution in [0.4, 0.5) is 30.2 Å². The van der Waals surface area contributed by atoms with Crippen LogP contribution >= 0.6 is 12.2 Å². The number of hydrogen-bond acceptors (Lipinski definition) is 5. The van der Waals surface area contributed by atoms with Gasteiger partial charge in [0.1, 0.15) is 5.56 Å². The van der Waals surface area contributed by atoms with Crippen molar-refractivity contribution < 1.29 is 22.9 Å². The zero-order valence-electron chi connectivity index (χ0n) is 16.2. The third-order valence-corrected chi connectivity index (χ3v) is 5.05. The number of amides is 1. The fraction of sp³-hybridized carbons (Fsp3) is 0.300. The van der Waals surface area contributed by atoms with Crippen molar-refractivity contribution in [2.75, 3.05) is 23.3 Å². The standard InChI is InChI=1S/C20H19F3N4O3S/c21-20(22,23)13-8-9-17(26-10-4-1-5-11-26)15(12-13)24-19(31)25-18(28)14-6-2-3-7-16(14)27(29)30/h2-3,6-9,12H,1,4-5,10-11H2,(H2,24,25,28,31). The Balaban J connectivity index is 1.84. The Morgan fingerprint density at radius 3 is 2.42 bits per heavy atom. The largest absolute Gasteiger partial charge is 0.416 e. The molecule has 2 N–H and O–H groups in total. The molecule has 0 aliphatic carbocycles. The van der Waals surface area contributed by atoms with Gasteiger partial charge in [0.05, 0.1) is 21.9 Å². The molecule has 0 spiro atoms. The first-order valence-corrected chi connectivity index (χ1v) is 9.89. The Bertz CT molecular complexity index is 1010. The number of anilines is 2. The second kappa shape index (κ2) is 9.29. The monoisotopic (exact) mass is 452 g/mol. The van der Waals surface area contributed by atoms with Gasteiger partial charge in [0.2, 0.25) is 0 Å². The second-order valence-electron chi connectivity index (χ2n) is 6.96. The van der Waals surface area contributed by atoms with Crippen LogP contribution in [0.3, 0.4) is 0 Å². The average molecular weight is 452 g/mol. The summed E-state index contributed by atoms with van der Waals surface area (Å²) in [4.78, 5) is 24.8. The van der Waals surface area contributed by atoms with E-state index in [1.54, 1.807) is 0 Å². The molecule has 7 nitrogen and oxygen atoms in total. The summed E-state index contributed by atoms with van der Waals surface area (Å²) in [6.45, 7) is 1.38. The van der Waals surface area contributed by atoms with Gasteiger partial charge in [-0.15, -0.1) is 0 Å². The predicted molar refractivity (Wildman–Crippen MR) is 114 cm³/mol. The molecular formula is C20H19F3N4O3S. The molecule has 2 aromatic rings. The van der Waals surface area contributed by atoms with E-state index < -0.39 is 28.3 Å². The van der Waals surface area contributed by atoms with E-state index in [0.29, 0.717) is 18.8 Å². The quantitative estimate of drug-likeness (QED) is 0.396. The maximum atomic E-state index is 13.2. The summed E-state index contributed by atoms with van der Waals surface area (Å²) in [5.41, 5.74) is -0.837. The number of nitro groups is 1. The van der Waals surface area contributed by atoms with Crippen LogP contribution in [0.15, 0.2) is 42.5 Å². The predicted octanol–water partition coefficient (Wildman–Crippen LogP) is 4.73. The normalized spacial score (nSPS) is 14.1. The van der Waals surface area contributed by atoms with Crippen LogP contribution in [-0.4, -0.2) is 29.0 Å². The molecule has 2 aromatic carbocycles. The molecule has 0 saturated carbocycles. The molecule has 1 amide bonds. The van der Waals surface area contributed by atoms with Crippen LogP contribution in [0.5, 0.6) is 0 Å². The van der Waals surface area contributed by atoms with E-state index in [-0.39, 0.29) is 16.4 Å². The molecule has 3 rings (SSSR count). The van der Waals surface area contributed by atoms with Gasteiger partial charge in [-0.1, -0.05) is 12.1 Å². The fourth-order valence-electron chi connectivity index (χ4n) is 3.37. The van der Waals surface area contributed by atoms with Crippen LogP contribution in [0.25, 0.3) is 0 Å². The van der Waals surface area contributed by atoms with Gasteiger partial charge in [-0.2, -0.15) is 13.2 Å². The van der Waals surface area contributed by atoms with Gasteiger partial charge in [-0.25, -0.2) is 0 Å². The minimum absolute atomic E-state index is 0.101. The van der Waals surface area contributed by atoms with Crippen molar-refractivity contribution in [3.05, 3.63) is 63.7 Å². The van der Waals surface area contributed by atoms with Crippen LogP contribution in [0.1, 0.15) is 35.2 Å². The fourth-order valence-corrected chi connectivity index (χ4v) is 3.57. The summed E-state index contributed by atoms with van der Waals surface area (Å²) in [7, 11) is 0. The van der Waals surface area contributed by atoms with E-state index >= 15 is 0 Å². The Morgan fingerprint density at radius 1 is 1.10 bits per heavy atom. The number of halogens is 3. The zero-order chi connectivity index (χ0) is 22.6. The lowest BCUT2D eigenvalue weighted by Gasteiger charge is -2.31. The number of nitro benzene ring substituents is 1. The van der Waals surface area contributed by atoms with E-state index in [9.17, 15) is 28.1 Å². The van der Waals surface area contributed by atoms with Crippen LogP contribution < -0.4 is 15.5 Å². The maximum Gasteiger partial charge on any atom is 0.416 e. The lowest BCUT2D eigenvalue weighted by Crippen LogP contribution is -2.36. The molecule has 0 radical (unpaired) electrons. The Hall–Kier alpha value is -3.21. The lowest BCUT2D eigenvalue weighted by molar-refractivity contribution is -0.385. The van der Waals surface area contributed by atoms with Crippen LogP contribution in [0, 0.1) is 10.1 Å². The molecule has 0 atom stereocenters. The van der Waals surface area contributed by atoms with Crippen molar-refractivity contribution >= 4 is 40.3 Å². The molecule has 0 aromatic heterocycles. The molecule has 0 bridgehead atoms. The van der Waals surface area contributed by atoms with Gasteiger partial charge < -0.3 is 10.2 Å². The number of benzene rings is 2. The molecular weight excluding hydrogens is 433 g/mol. The maximum absolute atomic E-state index is 13.2. The highest BCUT2D eigenvalue weighted by Crippen LogP contribution is 2.36. The first-order chi connectivity index (χ1) is 14.7. The number of carbonyl (C=O) groups is 1. The summed E-state index contributed by atoms with van der Waals surface area (Å²) in [5.74, 6) is -0.837. The van der Waals surface area contributed by atoms with Crippen LogP contribution in [-0.2, 0) is 6.18 Å². The zero-order valence-corrected chi connectivity index (χ0v) is 17.1. The van der Waals surface area contributed by atoms with Gasteiger partial charge in [-0.05, 0) is 55.7 Å². The highest BCUT2D eigenvalue weighted by Gasteiger charge is 2.32. The van der Waals surface area contributed by atoms with Crippen molar-refractivity contribution in [1.29, 1.82) is 0 Å². The minimum atomic E-state index is -4.55. The molecule has 0 unspecified atom stereocenters. The van der Waals surface area contributed by atoms with Crippen molar-refractivity contribution in [1.82, 2.24) is 5.32 Å². The summed E-state index contributed by atoms with van der Waals surface area (Å²) in [6, 6.07) is 8.63. The number of piperidine rings is 1.